The first-order valence-electron chi connectivity index (χ1n) is 11.8. The maximum atomic E-state index is 14.0. The van der Waals surface area contributed by atoms with Crippen molar-refractivity contribution in [3.8, 4) is 6.07 Å². The van der Waals surface area contributed by atoms with Gasteiger partial charge < -0.3 is 5.32 Å². The number of benzene rings is 2. The third-order valence-corrected chi connectivity index (χ3v) is 6.34. The van der Waals surface area contributed by atoms with E-state index in [0.717, 1.165) is 16.7 Å². The third kappa shape index (κ3) is 5.14. The van der Waals surface area contributed by atoms with Crippen molar-refractivity contribution in [3.05, 3.63) is 143 Å². The molecule has 0 bridgehead atoms. The SMILES string of the molecule is N#Cc1ccc(C(=O)C=C2NC(C(c3ccncc3)c3ccncc3)C(=O)N2Cc2ccccc2)cc1. The number of rotatable bonds is 7. The molecule has 1 amide bonds. The van der Waals surface area contributed by atoms with Gasteiger partial charge in [0.25, 0.3) is 5.91 Å². The molecule has 1 aliphatic heterocycles. The maximum Gasteiger partial charge on any atom is 0.251 e. The number of carbonyl (C=O) groups excluding carboxylic acids is 2. The summed E-state index contributed by atoms with van der Waals surface area (Å²) in [6, 6.07) is 25.1. The largest absolute Gasteiger partial charge is 0.359 e. The second kappa shape index (κ2) is 10.7. The van der Waals surface area contributed by atoms with Gasteiger partial charge in [-0.3, -0.25) is 24.5 Å². The Morgan fingerprint density at radius 3 is 2.08 bits per heavy atom. The molecule has 0 spiro atoms. The number of aromatic nitrogens is 2. The van der Waals surface area contributed by atoms with Gasteiger partial charge in [-0.25, -0.2) is 0 Å². The Hall–Kier alpha value is -5.09. The lowest BCUT2D eigenvalue weighted by atomic mass is 9.86. The van der Waals surface area contributed by atoms with Crippen LogP contribution in [0.3, 0.4) is 0 Å². The van der Waals surface area contributed by atoms with E-state index in [4.69, 9.17) is 5.26 Å². The van der Waals surface area contributed by atoms with Crippen LogP contribution in [-0.4, -0.2) is 32.6 Å². The number of hydrogen-bond donors (Lipinski definition) is 1. The molecule has 0 radical (unpaired) electrons. The Morgan fingerprint density at radius 1 is 0.919 bits per heavy atom. The monoisotopic (exact) mass is 485 g/mol. The summed E-state index contributed by atoms with van der Waals surface area (Å²) < 4.78 is 0. The van der Waals surface area contributed by atoms with Crippen LogP contribution in [0.15, 0.2) is 116 Å². The molecular formula is C30H23N5O2. The first-order chi connectivity index (χ1) is 18.1. The van der Waals surface area contributed by atoms with Gasteiger partial charge in [0.05, 0.1) is 18.2 Å². The van der Waals surface area contributed by atoms with Gasteiger partial charge in [0.1, 0.15) is 11.9 Å². The third-order valence-electron chi connectivity index (χ3n) is 6.34. The van der Waals surface area contributed by atoms with Gasteiger partial charge in [-0.05, 0) is 65.2 Å². The van der Waals surface area contributed by atoms with Crippen LogP contribution in [0.2, 0.25) is 0 Å². The van der Waals surface area contributed by atoms with Crippen molar-refractivity contribution in [2.24, 2.45) is 0 Å². The minimum absolute atomic E-state index is 0.138. The second-order valence-electron chi connectivity index (χ2n) is 8.65. The number of ketones is 1. The van der Waals surface area contributed by atoms with E-state index in [1.807, 2.05) is 54.6 Å². The average molecular weight is 486 g/mol. The summed E-state index contributed by atoms with van der Waals surface area (Å²) in [7, 11) is 0. The molecule has 0 aliphatic carbocycles. The molecule has 4 aromatic rings. The van der Waals surface area contributed by atoms with Gasteiger partial charge in [0.15, 0.2) is 5.78 Å². The van der Waals surface area contributed by atoms with Crippen molar-refractivity contribution in [2.75, 3.05) is 0 Å². The number of pyridine rings is 2. The molecule has 2 aromatic heterocycles. The van der Waals surface area contributed by atoms with E-state index in [2.05, 4.69) is 21.4 Å². The van der Waals surface area contributed by atoms with Crippen LogP contribution in [0.1, 0.15) is 38.5 Å². The highest BCUT2D eigenvalue weighted by Crippen LogP contribution is 2.33. The van der Waals surface area contributed by atoms with Crippen molar-refractivity contribution in [1.82, 2.24) is 20.2 Å². The number of hydrogen-bond acceptors (Lipinski definition) is 6. The standard InChI is InChI=1S/C30H23N5O2/c31-19-21-6-8-23(9-7-21)26(36)18-27-34-29(30(37)35(27)20-22-4-2-1-3-5-22)28(24-10-14-32-15-11-24)25-12-16-33-17-13-25/h1-18,28-29,34H,20H2. The van der Waals surface area contributed by atoms with E-state index in [1.165, 1.54) is 6.08 Å². The van der Waals surface area contributed by atoms with E-state index >= 15 is 0 Å². The number of carbonyl (C=O) groups is 2. The fourth-order valence-corrected chi connectivity index (χ4v) is 4.50. The van der Waals surface area contributed by atoms with Crippen LogP contribution >= 0.6 is 0 Å². The van der Waals surface area contributed by atoms with E-state index in [9.17, 15) is 9.59 Å². The first-order valence-corrected chi connectivity index (χ1v) is 11.8. The smallest absolute Gasteiger partial charge is 0.251 e. The van der Waals surface area contributed by atoms with Crippen LogP contribution in [0, 0.1) is 11.3 Å². The Balaban J connectivity index is 1.54. The molecule has 1 N–H and O–H groups in total. The molecule has 0 saturated carbocycles. The quantitative estimate of drug-likeness (QED) is 0.311. The van der Waals surface area contributed by atoms with Gasteiger partial charge in [-0.15, -0.1) is 0 Å². The van der Waals surface area contributed by atoms with Gasteiger partial charge in [0, 0.05) is 42.3 Å². The molecule has 1 unspecified atom stereocenters. The van der Waals surface area contributed by atoms with Crippen molar-refractivity contribution in [3.63, 3.8) is 0 Å². The van der Waals surface area contributed by atoms with E-state index in [1.54, 1.807) is 54.0 Å². The van der Waals surface area contributed by atoms with Gasteiger partial charge >= 0.3 is 0 Å². The normalized spacial score (nSPS) is 16.0. The molecule has 7 nitrogen and oxygen atoms in total. The van der Waals surface area contributed by atoms with Crippen LogP contribution in [0.5, 0.6) is 0 Å². The molecule has 1 aliphatic rings. The molecule has 1 saturated heterocycles. The van der Waals surface area contributed by atoms with E-state index < -0.39 is 6.04 Å². The van der Waals surface area contributed by atoms with Crippen LogP contribution in [-0.2, 0) is 11.3 Å². The summed E-state index contributed by atoms with van der Waals surface area (Å²) >= 11 is 0. The molecule has 37 heavy (non-hydrogen) atoms. The van der Waals surface area contributed by atoms with Crippen molar-refractivity contribution < 1.29 is 9.59 Å². The molecule has 2 aromatic carbocycles. The summed E-state index contributed by atoms with van der Waals surface area (Å²) in [6.07, 6.45) is 8.27. The van der Waals surface area contributed by atoms with Gasteiger partial charge in [-0.1, -0.05) is 30.3 Å². The first kappa shape index (κ1) is 23.6. The Bertz CT molecular complexity index is 1420. The van der Waals surface area contributed by atoms with Crippen molar-refractivity contribution in [1.29, 1.82) is 5.26 Å². The highest BCUT2D eigenvalue weighted by molar-refractivity contribution is 6.05. The minimum Gasteiger partial charge on any atom is -0.359 e. The number of nitriles is 1. The lowest BCUT2D eigenvalue weighted by Crippen LogP contribution is -2.36. The highest BCUT2D eigenvalue weighted by Gasteiger charge is 2.41. The topological polar surface area (TPSA) is 99.0 Å². The predicted molar refractivity (Wildman–Crippen MR) is 138 cm³/mol. The molecule has 7 heteroatoms. The molecule has 3 heterocycles. The predicted octanol–water partition coefficient (Wildman–Crippen LogP) is 4.21. The number of nitrogens with zero attached hydrogens (tertiary/aromatic N) is 4. The van der Waals surface area contributed by atoms with Crippen LogP contribution in [0.25, 0.3) is 0 Å². The zero-order valence-electron chi connectivity index (χ0n) is 19.9. The van der Waals surface area contributed by atoms with Gasteiger partial charge in [0.2, 0.25) is 0 Å². The number of amides is 1. The molecule has 1 fully saturated rings. The zero-order chi connectivity index (χ0) is 25.6. The van der Waals surface area contributed by atoms with Crippen molar-refractivity contribution >= 4 is 11.7 Å². The Labute approximate surface area is 214 Å². The number of nitrogens with one attached hydrogen (secondary N) is 1. The highest BCUT2D eigenvalue weighted by atomic mass is 16.2. The van der Waals surface area contributed by atoms with Gasteiger partial charge in [-0.2, -0.15) is 5.26 Å². The fraction of sp³-hybridized carbons (Fsp3) is 0.100. The molecule has 1 atom stereocenters. The fourth-order valence-electron chi connectivity index (χ4n) is 4.50. The molecule has 5 rings (SSSR count). The zero-order valence-corrected chi connectivity index (χ0v) is 19.9. The summed E-state index contributed by atoms with van der Waals surface area (Å²) in [5.41, 5.74) is 3.70. The second-order valence-corrected chi connectivity index (χ2v) is 8.65. The summed E-state index contributed by atoms with van der Waals surface area (Å²) in [5.74, 6) is -0.293. The van der Waals surface area contributed by atoms with Crippen LogP contribution < -0.4 is 5.32 Å². The average Bonchev–Trinajstić information content (AvgIpc) is 3.24. The molecule has 180 valence electrons. The lowest BCUT2D eigenvalue weighted by Gasteiger charge is -2.23. The van der Waals surface area contributed by atoms with Crippen molar-refractivity contribution in [2.45, 2.75) is 18.5 Å². The number of allylic oxidation sites excluding steroid dienone is 1. The minimum atomic E-state index is -0.645. The van der Waals surface area contributed by atoms with E-state index in [0.29, 0.717) is 23.5 Å². The Kier molecular flexibility index (Phi) is 6.82. The summed E-state index contributed by atoms with van der Waals surface area (Å²) in [5, 5.41) is 12.4. The molecular weight excluding hydrogens is 462 g/mol. The summed E-state index contributed by atoms with van der Waals surface area (Å²) in [6.45, 7) is 0.315. The summed E-state index contributed by atoms with van der Waals surface area (Å²) in [4.78, 5) is 37.0. The van der Waals surface area contributed by atoms with Crippen LogP contribution in [0.4, 0.5) is 0 Å². The Morgan fingerprint density at radius 2 is 1.51 bits per heavy atom. The maximum absolute atomic E-state index is 14.0. The van der Waals surface area contributed by atoms with E-state index in [-0.39, 0.29) is 17.6 Å². The lowest BCUT2D eigenvalue weighted by molar-refractivity contribution is -0.128.